The van der Waals surface area contributed by atoms with Gasteiger partial charge < -0.3 is 20.3 Å². The first kappa shape index (κ1) is 25.2. The Hall–Kier alpha value is -4.47. The van der Waals surface area contributed by atoms with Crippen LogP contribution in [0.4, 0.5) is 4.79 Å². The lowest BCUT2D eigenvalue weighted by atomic mass is 9.60. The monoisotopic (exact) mass is 518 g/mol. The number of hydrogen-bond donors (Lipinski definition) is 2. The number of methoxy groups -OCH3 is 2. The molecular formula is C28H26N2O8. The minimum atomic E-state index is -1.12. The van der Waals surface area contributed by atoms with E-state index in [9.17, 15) is 29.1 Å². The van der Waals surface area contributed by atoms with Crippen LogP contribution >= 0.6 is 0 Å². The van der Waals surface area contributed by atoms with Gasteiger partial charge in [0.25, 0.3) is 0 Å². The molecule has 4 amide bonds. The molecule has 3 N–H and O–H groups in total. The van der Waals surface area contributed by atoms with E-state index in [1.54, 1.807) is 31.2 Å². The molecular weight excluding hydrogens is 492 g/mol. The van der Waals surface area contributed by atoms with Crippen LogP contribution in [-0.2, 0) is 19.2 Å². The second-order valence-corrected chi connectivity index (χ2v) is 9.76. The quantitative estimate of drug-likeness (QED) is 0.350. The molecule has 0 radical (unpaired) electrons. The SMILES string of the molecule is COc1cc(C=CC2C3=CCC4C(=O)N(C(N)=O)C(=O)C4C3CC3=C2C(=O)C(C)=CC3=O)cc(OC)c1O. The van der Waals surface area contributed by atoms with Gasteiger partial charge in [0.05, 0.1) is 26.1 Å². The number of phenolic OH excluding ortho intramolecular Hbond substituents is 1. The first-order valence-corrected chi connectivity index (χ1v) is 12.1. The number of ether oxygens (including phenoxy) is 2. The van der Waals surface area contributed by atoms with E-state index in [2.05, 4.69) is 0 Å². The molecule has 0 aromatic heterocycles. The highest BCUT2D eigenvalue weighted by molar-refractivity contribution is 6.23. The number of carbonyl (C=O) groups excluding carboxylic acids is 5. The van der Waals surface area contributed by atoms with Crippen molar-refractivity contribution in [2.75, 3.05) is 14.2 Å². The zero-order valence-corrected chi connectivity index (χ0v) is 21.0. The number of aromatic hydroxyl groups is 1. The Morgan fingerprint density at radius 1 is 1.08 bits per heavy atom. The molecule has 4 aliphatic rings. The van der Waals surface area contributed by atoms with Gasteiger partial charge in [-0.05, 0) is 49.5 Å². The van der Waals surface area contributed by atoms with E-state index < -0.39 is 41.5 Å². The van der Waals surface area contributed by atoms with Gasteiger partial charge in [-0.25, -0.2) is 4.79 Å². The predicted octanol–water partition coefficient (Wildman–Crippen LogP) is 2.46. The van der Waals surface area contributed by atoms with Gasteiger partial charge in [-0.15, -0.1) is 0 Å². The van der Waals surface area contributed by atoms with E-state index in [4.69, 9.17) is 15.2 Å². The number of carbonyl (C=O) groups is 5. The number of allylic oxidation sites excluding steroid dienone is 7. The minimum absolute atomic E-state index is 0.105. The number of nitrogens with two attached hydrogens (primary N) is 1. The smallest absolute Gasteiger partial charge is 0.328 e. The van der Waals surface area contributed by atoms with Crippen molar-refractivity contribution < 1.29 is 38.6 Å². The number of amides is 4. The third-order valence-corrected chi connectivity index (χ3v) is 7.82. The Bertz CT molecular complexity index is 1420. The molecule has 1 aromatic rings. The molecule has 1 fully saturated rings. The summed E-state index contributed by atoms with van der Waals surface area (Å²) in [5.74, 6) is -4.49. The Labute approximate surface area is 218 Å². The number of likely N-dealkylation sites (tertiary alicyclic amines) is 1. The van der Waals surface area contributed by atoms with E-state index in [1.807, 2.05) is 6.08 Å². The van der Waals surface area contributed by atoms with Crippen molar-refractivity contribution in [1.82, 2.24) is 4.90 Å². The summed E-state index contributed by atoms with van der Waals surface area (Å²) < 4.78 is 10.5. The summed E-state index contributed by atoms with van der Waals surface area (Å²) in [6.07, 6.45) is 6.92. The molecule has 0 spiro atoms. The summed E-state index contributed by atoms with van der Waals surface area (Å²) in [4.78, 5) is 64.8. The first-order chi connectivity index (χ1) is 18.1. The van der Waals surface area contributed by atoms with Gasteiger partial charge in [0, 0.05) is 22.6 Å². The van der Waals surface area contributed by atoms with Gasteiger partial charge in [-0.2, -0.15) is 4.90 Å². The largest absolute Gasteiger partial charge is 0.502 e. The van der Waals surface area contributed by atoms with E-state index in [-0.39, 0.29) is 41.7 Å². The maximum absolute atomic E-state index is 13.3. The van der Waals surface area contributed by atoms with Crippen LogP contribution in [0.2, 0.25) is 0 Å². The average molecular weight is 519 g/mol. The maximum atomic E-state index is 13.3. The number of benzene rings is 1. The second-order valence-electron chi connectivity index (χ2n) is 9.76. The highest BCUT2D eigenvalue weighted by Gasteiger charge is 2.57. The number of urea groups is 1. The van der Waals surface area contributed by atoms with E-state index in [1.165, 1.54) is 20.3 Å². The average Bonchev–Trinajstić information content (AvgIpc) is 3.15. The van der Waals surface area contributed by atoms with Gasteiger partial charge in [0.1, 0.15) is 0 Å². The standard InChI is InChI=1S/C28H26N2O8/c1-12-8-19(31)18-11-17-14(6-7-16-23(17)27(35)30(26(16)34)28(29)36)15(22(18)24(12)32)5-4-13-9-20(37-2)25(33)21(10-13)38-3/h4-6,8-10,15-17,23,33H,7,11H2,1-3H3,(H2,29,36). The lowest BCUT2D eigenvalue weighted by Crippen LogP contribution is -2.42. The molecule has 0 saturated carbocycles. The fourth-order valence-corrected chi connectivity index (χ4v) is 6.07. The number of primary amides is 1. The zero-order chi connectivity index (χ0) is 27.5. The Balaban J connectivity index is 1.62. The van der Waals surface area contributed by atoms with Crippen molar-refractivity contribution in [3.05, 3.63) is 58.2 Å². The number of nitrogens with zero attached hydrogens (tertiary/aromatic N) is 1. The first-order valence-electron chi connectivity index (χ1n) is 12.1. The topological polar surface area (TPSA) is 153 Å². The van der Waals surface area contributed by atoms with Crippen LogP contribution in [0.1, 0.15) is 25.3 Å². The van der Waals surface area contributed by atoms with Crippen molar-refractivity contribution in [2.45, 2.75) is 19.8 Å². The highest BCUT2D eigenvalue weighted by atomic mass is 16.5. The van der Waals surface area contributed by atoms with Crippen molar-refractivity contribution >= 4 is 35.5 Å². The lowest BCUT2D eigenvalue weighted by molar-refractivity contribution is -0.136. The predicted molar refractivity (Wildman–Crippen MR) is 134 cm³/mol. The Morgan fingerprint density at radius 2 is 1.74 bits per heavy atom. The molecule has 10 heteroatoms. The molecule has 1 heterocycles. The fourth-order valence-electron chi connectivity index (χ4n) is 6.07. The van der Waals surface area contributed by atoms with Gasteiger partial charge in [0.15, 0.2) is 23.1 Å². The van der Waals surface area contributed by atoms with Crippen LogP contribution < -0.4 is 15.2 Å². The van der Waals surface area contributed by atoms with Crippen molar-refractivity contribution in [1.29, 1.82) is 0 Å². The number of rotatable bonds is 4. The second kappa shape index (κ2) is 9.13. The van der Waals surface area contributed by atoms with Gasteiger partial charge >= 0.3 is 6.03 Å². The molecule has 1 aromatic carbocycles. The normalized spacial score (nSPS) is 26.7. The summed E-state index contributed by atoms with van der Waals surface area (Å²) in [5, 5.41) is 10.3. The lowest BCUT2D eigenvalue weighted by Gasteiger charge is -2.41. The van der Waals surface area contributed by atoms with Crippen molar-refractivity contribution in [3.8, 4) is 17.2 Å². The number of fused-ring (bicyclic) bond motifs is 3. The van der Waals surface area contributed by atoms with E-state index in [0.29, 0.717) is 27.2 Å². The van der Waals surface area contributed by atoms with Crippen LogP contribution in [0.15, 0.2) is 52.7 Å². The van der Waals surface area contributed by atoms with Crippen LogP contribution in [0, 0.1) is 23.7 Å². The summed E-state index contributed by atoms with van der Waals surface area (Å²) in [7, 11) is 2.82. The number of ketones is 2. The molecule has 38 heavy (non-hydrogen) atoms. The highest BCUT2D eigenvalue weighted by Crippen LogP contribution is 2.52. The Kier molecular flexibility index (Phi) is 6.05. The zero-order valence-electron chi connectivity index (χ0n) is 21.0. The number of phenols is 1. The molecule has 10 nitrogen and oxygen atoms in total. The van der Waals surface area contributed by atoms with Crippen LogP contribution in [0.3, 0.4) is 0 Å². The van der Waals surface area contributed by atoms with Gasteiger partial charge in [-0.3, -0.25) is 19.2 Å². The summed E-state index contributed by atoms with van der Waals surface area (Å²) in [6.45, 7) is 1.59. The van der Waals surface area contributed by atoms with Gasteiger partial charge in [0.2, 0.25) is 17.6 Å². The Morgan fingerprint density at radius 3 is 2.34 bits per heavy atom. The van der Waals surface area contributed by atoms with Crippen molar-refractivity contribution in [3.63, 3.8) is 0 Å². The third-order valence-electron chi connectivity index (χ3n) is 7.82. The maximum Gasteiger partial charge on any atom is 0.328 e. The molecule has 4 atom stereocenters. The number of hydrogen-bond acceptors (Lipinski definition) is 8. The third kappa shape index (κ3) is 3.67. The van der Waals surface area contributed by atoms with Crippen LogP contribution in [0.5, 0.6) is 17.2 Å². The summed E-state index contributed by atoms with van der Waals surface area (Å²) in [6, 6.07) is 2.07. The summed E-state index contributed by atoms with van der Waals surface area (Å²) >= 11 is 0. The molecule has 4 unspecified atom stereocenters. The van der Waals surface area contributed by atoms with Gasteiger partial charge in [-0.1, -0.05) is 23.8 Å². The van der Waals surface area contributed by atoms with E-state index >= 15 is 0 Å². The minimum Gasteiger partial charge on any atom is -0.502 e. The van der Waals surface area contributed by atoms with E-state index in [0.717, 1.165) is 5.57 Å². The van der Waals surface area contributed by atoms with Crippen molar-refractivity contribution in [2.24, 2.45) is 29.4 Å². The molecule has 1 aliphatic heterocycles. The fraction of sp³-hybridized carbons (Fsp3) is 0.321. The summed E-state index contributed by atoms with van der Waals surface area (Å²) in [5.41, 5.74) is 7.62. The van der Waals surface area contributed by atoms with Crippen LogP contribution in [-0.4, -0.2) is 53.6 Å². The number of Topliss-reactive ketones (excluding diaryl/α,β-unsaturated/α-hetero) is 1. The van der Waals surface area contributed by atoms with Crippen LogP contribution in [0.25, 0.3) is 6.08 Å². The molecule has 0 bridgehead atoms. The molecule has 1 saturated heterocycles. The molecule has 196 valence electrons. The molecule has 5 rings (SSSR count). The molecule has 3 aliphatic carbocycles. The number of imide groups is 3.